The van der Waals surface area contributed by atoms with Crippen LogP contribution in [0.5, 0.6) is 0 Å². The van der Waals surface area contributed by atoms with Crippen molar-refractivity contribution in [3.05, 3.63) is 53.7 Å². The second kappa shape index (κ2) is 8.02. The standard InChI is InChI=1S/C19H20F3N3O3S/c1-29(27,28)16-5-2-13(3-6-16)18(26)24-15-8-10-25(11-9-15)17-7-4-14(12-23-17)19(20,21)22/h2-7,12,15H,8-11H2,1H3,(H,24,26). The molecule has 29 heavy (non-hydrogen) atoms. The van der Waals surface area contributed by atoms with E-state index in [1.807, 2.05) is 4.90 Å². The van der Waals surface area contributed by atoms with Crippen LogP contribution in [-0.2, 0) is 16.0 Å². The lowest BCUT2D eigenvalue weighted by Gasteiger charge is -2.33. The van der Waals surface area contributed by atoms with Gasteiger partial charge in [-0.15, -0.1) is 0 Å². The van der Waals surface area contributed by atoms with E-state index in [-0.39, 0.29) is 16.8 Å². The molecule has 1 amide bonds. The number of anilines is 1. The fourth-order valence-corrected chi connectivity index (χ4v) is 3.75. The molecule has 1 aromatic carbocycles. The Morgan fingerprint density at radius 2 is 1.72 bits per heavy atom. The van der Waals surface area contributed by atoms with Crippen molar-refractivity contribution in [2.45, 2.75) is 30.0 Å². The van der Waals surface area contributed by atoms with Gasteiger partial charge in [-0.3, -0.25) is 4.79 Å². The lowest BCUT2D eigenvalue weighted by atomic mass is 10.0. The second-order valence-corrected chi connectivity index (χ2v) is 8.95. The zero-order valence-corrected chi connectivity index (χ0v) is 16.4. The molecule has 6 nitrogen and oxygen atoms in total. The Morgan fingerprint density at radius 3 is 2.21 bits per heavy atom. The number of hydrogen-bond donors (Lipinski definition) is 1. The number of rotatable bonds is 4. The highest BCUT2D eigenvalue weighted by molar-refractivity contribution is 7.90. The maximum atomic E-state index is 12.6. The Bertz CT molecular complexity index is 966. The van der Waals surface area contributed by atoms with Gasteiger partial charge in [0.15, 0.2) is 9.84 Å². The first-order valence-corrected chi connectivity index (χ1v) is 10.8. The number of nitrogens with one attached hydrogen (secondary N) is 1. The van der Waals surface area contributed by atoms with Gasteiger partial charge in [-0.25, -0.2) is 13.4 Å². The van der Waals surface area contributed by atoms with E-state index in [9.17, 15) is 26.4 Å². The largest absolute Gasteiger partial charge is 0.417 e. The number of nitrogens with zero attached hydrogens (tertiary/aromatic N) is 2. The minimum absolute atomic E-state index is 0.0808. The molecule has 1 fully saturated rings. The first-order chi connectivity index (χ1) is 13.5. The number of aromatic nitrogens is 1. The lowest BCUT2D eigenvalue weighted by molar-refractivity contribution is -0.137. The predicted octanol–water partition coefficient (Wildman–Crippen LogP) is 2.90. The van der Waals surface area contributed by atoms with Crippen LogP contribution in [0.2, 0.25) is 0 Å². The Balaban J connectivity index is 1.55. The number of benzene rings is 1. The molecule has 0 unspecified atom stereocenters. The number of carbonyl (C=O) groups is 1. The summed E-state index contributed by atoms with van der Waals surface area (Å²) in [6.45, 7) is 1.10. The van der Waals surface area contributed by atoms with Crippen LogP contribution in [0.25, 0.3) is 0 Å². The molecule has 2 aromatic rings. The van der Waals surface area contributed by atoms with Gasteiger partial charge in [-0.05, 0) is 49.2 Å². The van der Waals surface area contributed by atoms with Crippen LogP contribution in [0, 0.1) is 0 Å². The molecule has 1 aliphatic rings. The van der Waals surface area contributed by atoms with E-state index in [0.717, 1.165) is 18.5 Å². The zero-order valence-electron chi connectivity index (χ0n) is 15.6. The SMILES string of the molecule is CS(=O)(=O)c1ccc(C(=O)NC2CCN(c3ccc(C(F)(F)F)cn3)CC2)cc1. The van der Waals surface area contributed by atoms with Crippen molar-refractivity contribution < 1.29 is 26.4 Å². The van der Waals surface area contributed by atoms with E-state index in [1.165, 1.54) is 30.3 Å². The molecular formula is C19H20F3N3O3S. The Kier molecular flexibility index (Phi) is 5.83. The molecule has 156 valence electrons. The van der Waals surface area contributed by atoms with Crippen molar-refractivity contribution in [1.29, 1.82) is 0 Å². The van der Waals surface area contributed by atoms with Crippen LogP contribution < -0.4 is 10.2 Å². The smallest absolute Gasteiger partial charge is 0.356 e. The highest BCUT2D eigenvalue weighted by Crippen LogP contribution is 2.29. The predicted molar refractivity (Wildman–Crippen MR) is 101 cm³/mol. The Morgan fingerprint density at radius 1 is 1.10 bits per heavy atom. The van der Waals surface area contributed by atoms with E-state index in [2.05, 4.69) is 10.3 Å². The first-order valence-electron chi connectivity index (χ1n) is 8.93. The normalized spacial score (nSPS) is 15.9. The monoisotopic (exact) mass is 427 g/mol. The van der Waals surface area contributed by atoms with Crippen molar-refractivity contribution in [2.24, 2.45) is 0 Å². The van der Waals surface area contributed by atoms with E-state index in [4.69, 9.17) is 0 Å². The summed E-state index contributed by atoms with van der Waals surface area (Å²) in [6.07, 6.45) is -1.25. The molecule has 0 spiro atoms. The number of pyridine rings is 1. The van der Waals surface area contributed by atoms with Gasteiger partial charge in [0.1, 0.15) is 5.82 Å². The van der Waals surface area contributed by atoms with Crippen LogP contribution >= 0.6 is 0 Å². The maximum absolute atomic E-state index is 12.6. The number of sulfone groups is 1. The molecule has 3 rings (SSSR count). The van der Waals surface area contributed by atoms with Crippen LogP contribution in [0.1, 0.15) is 28.8 Å². The van der Waals surface area contributed by atoms with Crippen molar-refractivity contribution >= 4 is 21.6 Å². The van der Waals surface area contributed by atoms with Crippen LogP contribution in [0.3, 0.4) is 0 Å². The van der Waals surface area contributed by atoms with E-state index in [0.29, 0.717) is 37.3 Å². The van der Waals surface area contributed by atoms with Gasteiger partial charge >= 0.3 is 6.18 Å². The second-order valence-electron chi connectivity index (χ2n) is 6.93. The molecule has 1 N–H and O–H groups in total. The minimum Gasteiger partial charge on any atom is -0.356 e. The first kappa shape index (κ1) is 21.1. The third-order valence-electron chi connectivity index (χ3n) is 4.77. The van der Waals surface area contributed by atoms with Gasteiger partial charge in [-0.2, -0.15) is 13.2 Å². The van der Waals surface area contributed by atoms with Crippen LogP contribution in [-0.4, -0.2) is 44.7 Å². The fraction of sp³-hybridized carbons (Fsp3) is 0.368. The van der Waals surface area contributed by atoms with E-state index in [1.54, 1.807) is 0 Å². The summed E-state index contributed by atoms with van der Waals surface area (Å²) < 4.78 is 60.9. The molecule has 10 heteroatoms. The number of amides is 1. The molecule has 1 aromatic heterocycles. The molecule has 0 bridgehead atoms. The summed E-state index contributed by atoms with van der Waals surface area (Å²) in [5.74, 6) is 0.176. The van der Waals surface area contributed by atoms with Gasteiger partial charge in [0.2, 0.25) is 0 Å². The number of piperidine rings is 1. The highest BCUT2D eigenvalue weighted by Gasteiger charge is 2.31. The van der Waals surface area contributed by atoms with Crippen molar-refractivity contribution in [1.82, 2.24) is 10.3 Å². The summed E-state index contributed by atoms with van der Waals surface area (Å²) in [5, 5.41) is 2.91. The molecule has 0 radical (unpaired) electrons. The molecule has 0 aliphatic carbocycles. The van der Waals surface area contributed by atoms with Crippen molar-refractivity contribution in [3.8, 4) is 0 Å². The van der Waals surface area contributed by atoms with Crippen LogP contribution in [0.15, 0.2) is 47.5 Å². The van der Waals surface area contributed by atoms with Gasteiger partial charge in [0, 0.05) is 37.1 Å². The summed E-state index contributed by atoms with van der Waals surface area (Å²) >= 11 is 0. The van der Waals surface area contributed by atoms with Gasteiger partial charge in [0.25, 0.3) is 5.91 Å². The summed E-state index contributed by atoms with van der Waals surface area (Å²) in [5.41, 5.74) is -0.422. The third kappa shape index (κ3) is 5.26. The average molecular weight is 427 g/mol. The van der Waals surface area contributed by atoms with Gasteiger partial charge < -0.3 is 10.2 Å². The molecule has 1 saturated heterocycles. The average Bonchev–Trinajstić information content (AvgIpc) is 2.67. The summed E-state index contributed by atoms with van der Waals surface area (Å²) in [4.78, 5) is 18.3. The number of carbonyl (C=O) groups excluding carboxylic acids is 1. The van der Waals surface area contributed by atoms with E-state index < -0.39 is 21.6 Å². The van der Waals surface area contributed by atoms with Crippen molar-refractivity contribution in [2.75, 3.05) is 24.2 Å². The highest BCUT2D eigenvalue weighted by atomic mass is 32.2. The molecular weight excluding hydrogens is 407 g/mol. The third-order valence-corrected chi connectivity index (χ3v) is 5.90. The van der Waals surface area contributed by atoms with Crippen LogP contribution in [0.4, 0.5) is 19.0 Å². The molecule has 1 aliphatic heterocycles. The molecule has 2 heterocycles. The Labute approximate surface area is 166 Å². The number of hydrogen-bond acceptors (Lipinski definition) is 5. The Hall–Kier alpha value is -2.62. The van der Waals surface area contributed by atoms with Gasteiger partial charge in [-0.1, -0.05) is 0 Å². The number of halogens is 3. The zero-order chi connectivity index (χ0) is 21.2. The minimum atomic E-state index is -4.41. The lowest BCUT2D eigenvalue weighted by Crippen LogP contribution is -2.45. The van der Waals surface area contributed by atoms with E-state index >= 15 is 0 Å². The number of alkyl halides is 3. The fourth-order valence-electron chi connectivity index (χ4n) is 3.12. The topological polar surface area (TPSA) is 79.4 Å². The van der Waals surface area contributed by atoms with Crippen molar-refractivity contribution in [3.63, 3.8) is 0 Å². The molecule has 0 saturated carbocycles. The maximum Gasteiger partial charge on any atom is 0.417 e. The van der Waals surface area contributed by atoms with Gasteiger partial charge in [0.05, 0.1) is 10.5 Å². The summed E-state index contributed by atoms with van der Waals surface area (Å²) in [7, 11) is -3.32. The quantitative estimate of drug-likeness (QED) is 0.812. The summed E-state index contributed by atoms with van der Waals surface area (Å²) in [6, 6.07) is 8.00. The molecule has 0 atom stereocenters.